The van der Waals surface area contributed by atoms with Crippen molar-refractivity contribution in [2.75, 3.05) is 18.0 Å². The van der Waals surface area contributed by atoms with Crippen molar-refractivity contribution in [3.63, 3.8) is 0 Å². The summed E-state index contributed by atoms with van der Waals surface area (Å²) in [6.07, 6.45) is 8.94. The summed E-state index contributed by atoms with van der Waals surface area (Å²) >= 11 is 0. The van der Waals surface area contributed by atoms with Gasteiger partial charge in [-0.1, -0.05) is 37.5 Å². The fourth-order valence-electron chi connectivity index (χ4n) is 4.61. The lowest BCUT2D eigenvalue weighted by Crippen LogP contribution is -2.47. The average Bonchev–Trinajstić information content (AvgIpc) is 2.73. The van der Waals surface area contributed by atoms with Crippen molar-refractivity contribution in [2.24, 2.45) is 4.99 Å². The molecular formula is C23H32N5O+. The summed E-state index contributed by atoms with van der Waals surface area (Å²) in [7, 11) is 0. The van der Waals surface area contributed by atoms with Gasteiger partial charge in [0.15, 0.2) is 0 Å². The molecule has 0 atom stereocenters. The van der Waals surface area contributed by atoms with Crippen LogP contribution < -0.4 is 10.2 Å². The van der Waals surface area contributed by atoms with Gasteiger partial charge in [-0.3, -0.25) is 5.41 Å². The van der Waals surface area contributed by atoms with E-state index in [0.29, 0.717) is 17.6 Å². The van der Waals surface area contributed by atoms with Crippen molar-refractivity contribution in [2.45, 2.75) is 64.0 Å². The van der Waals surface area contributed by atoms with Gasteiger partial charge in [-0.05, 0) is 44.7 Å². The van der Waals surface area contributed by atoms with Crippen LogP contribution in [0.3, 0.4) is 0 Å². The zero-order valence-electron chi connectivity index (χ0n) is 17.2. The van der Waals surface area contributed by atoms with E-state index in [9.17, 15) is 0 Å². The second kappa shape index (κ2) is 8.91. The highest BCUT2D eigenvalue weighted by Gasteiger charge is 2.27. The number of nitrogens with one attached hydrogen (secondary N) is 2. The highest BCUT2D eigenvalue weighted by atomic mass is 16.3. The average molecular weight is 395 g/mol. The first-order valence-electron chi connectivity index (χ1n) is 10.9. The molecule has 2 aliphatic rings. The largest absolute Gasteiger partial charge is 0.578 e. The Hall–Kier alpha value is -2.47. The molecule has 154 valence electrons. The van der Waals surface area contributed by atoms with Crippen LogP contribution >= 0.6 is 0 Å². The van der Waals surface area contributed by atoms with E-state index in [1.807, 2.05) is 30.3 Å². The zero-order valence-corrected chi connectivity index (χ0v) is 17.2. The van der Waals surface area contributed by atoms with Gasteiger partial charge >= 0.3 is 5.90 Å². The third kappa shape index (κ3) is 4.75. The molecule has 6 heteroatoms. The van der Waals surface area contributed by atoms with E-state index in [1.165, 1.54) is 32.1 Å². The van der Waals surface area contributed by atoms with Crippen LogP contribution in [0.25, 0.3) is 10.9 Å². The molecule has 1 aromatic carbocycles. The Kier molecular flexibility index (Phi) is 6.09. The molecule has 2 fully saturated rings. The first kappa shape index (κ1) is 19.8. The predicted octanol–water partition coefficient (Wildman–Crippen LogP) is 3.59. The number of hydrogen-bond donors (Lipinski definition) is 2. The molecule has 0 amide bonds. The van der Waals surface area contributed by atoms with E-state index < -0.39 is 0 Å². The van der Waals surface area contributed by atoms with Crippen molar-refractivity contribution in [1.29, 1.82) is 5.41 Å². The number of amidine groups is 1. The van der Waals surface area contributed by atoms with E-state index in [1.54, 1.807) is 6.92 Å². The second-order valence-electron chi connectivity index (χ2n) is 8.36. The van der Waals surface area contributed by atoms with Gasteiger partial charge in [-0.25, -0.2) is 4.98 Å². The lowest BCUT2D eigenvalue weighted by molar-refractivity contribution is 0.307. The van der Waals surface area contributed by atoms with Gasteiger partial charge in [0.1, 0.15) is 17.2 Å². The Morgan fingerprint density at radius 3 is 2.52 bits per heavy atom. The van der Waals surface area contributed by atoms with E-state index in [4.69, 9.17) is 15.5 Å². The Balaban J connectivity index is 1.54. The van der Waals surface area contributed by atoms with Crippen molar-refractivity contribution < 1.29 is 5.11 Å². The van der Waals surface area contributed by atoms with E-state index in [2.05, 4.69) is 15.2 Å². The summed E-state index contributed by atoms with van der Waals surface area (Å²) in [6.45, 7) is 3.46. The normalized spacial score (nSPS) is 19.6. The molecule has 1 saturated heterocycles. The fraction of sp³-hybridized carbons (Fsp3) is 0.522. The monoisotopic (exact) mass is 394 g/mol. The van der Waals surface area contributed by atoms with Crippen LogP contribution in [0.4, 0.5) is 5.82 Å². The molecule has 4 rings (SSSR count). The summed E-state index contributed by atoms with van der Waals surface area (Å²) in [5.41, 5.74) is 1.65. The summed E-state index contributed by atoms with van der Waals surface area (Å²) in [4.78, 5) is 11.3. The molecule has 0 spiro atoms. The number of hydrogen-bond acceptors (Lipinski definition) is 4. The van der Waals surface area contributed by atoms with Crippen LogP contribution in [0.1, 0.15) is 57.4 Å². The maximum Gasteiger partial charge on any atom is 0.369 e. The highest BCUT2D eigenvalue weighted by molar-refractivity contribution is 6.05. The lowest BCUT2D eigenvalue weighted by Gasteiger charge is -2.36. The number of benzene rings is 1. The molecule has 6 nitrogen and oxygen atoms in total. The van der Waals surface area contributed by atoms with Crippen LogP contribution in [0.5, 0.6) is 0 Å². The van der Waals surface area contributed by atoms with E-state index in [0.717, 1.165) is 42.7 Å². The number of nitrogens with zero attached hydrogens (tertiary/aromatic N) is 3. The fourth-order valence-corrected chi connectivity index (χ4v) is 4.61. The lowest BCUT2D eigenvalue weighted by atomic mass is 9.93. The smallest absolute Gasteiger partial charge is 0.369 e. The minimum Gasteiger partial charge on any atom is -0.578 e. The number of piperidine rings is 1. The van der Waals surface area contributed by atoms with Gasteiger partial charge in [0.25, 0.3) is 0 Å². The zero-order chi connectivity index (χ0) is 20.2. The SMILES string of the molecule is CC(=N)N=C([OH2+])c1cc2ccccc2nc1N1CCC(NC2CCCCC2)CC1. The Bertz CT molecular complexity index is 895. The summed E-state index contributed by atoms with van der Waals surface area (Å²) in [5.74, 6) is 1.09. The second-order valence-corrected chi connectivity index (χ2v) is 8.36. The van der Waals surface area contributed by atoms with Crippen molar-refractivity contribution >= 4 is 28.5 Å². The first-order valence-corrected chi connectivity index (χ1v) is 10.9. The predicted molar refractivity (Wildman–Crippen MR) is 121 cm³/mol. The molecule has 1 aromatic heterocycles. The molecule has 1 saturated carbocycles. The number of rotatable bonds is 4. The molecule has 0 bridgehead atoms. The van der Waals surface area contributed by atoms with Crippen molar-refractivity contribution in [1.82, 2.24) is 10.3 Å². The van der Waals surface area contributed by atoms with Crippen LogP contribution in [0.2, 0.25) is 0 Å². The van der Waals surface area contributed by atoms with Gasteiger partial charge in [-0.2, -0.15) is 4.99 Å². The maximum absolute atomic E-state index is 8.42. The number of aromatic nitrogens is 1. The number of fused-ring (bicyclic) bond motifs is 1. The topological polar surface area (TPSA) is 87.3 Å². The molecule has 2 heterocycles. The third-order valence-electron chi connectivity index (χ3n) is 6.11. The summed E-state index contributed by atoms with van der Waals surface area (Å²) in [5, 5.41) is 21.0. The van der Waals surface area contributed by atoms with Crippen molar-refractivity contribution in [3.05, 3.63) is 35.9 Å². The van der Waals surface area contributed by atoms with E-state index in [-0.39, 0.29) is 11.7 Å². The molecule has 1 aliphatic carbocycles. The van der Waals surface area contributed by atoms with Gasteiger partial charge in [0.05, 0.1) is 5.52 Å². The number of anilines is 1. The van der Waals surface area contributed by atoms with Crippen LogP contribution in [-0.2, 0) is 0 Å². The van der Waals surface area contributed by atoms with Gasteiger partial charge in [-0.15, -0.1) is 0 Å². The molecule has 0 unspecified atom stereocenters. The minimum absolute atomic E-state index is 0.119. The Labute approximate surface area is 172 Å². The summed E-state index contributed by atoms with van der Waals surface area (Å²) in [6, 6.07) is 11.3. The molecule has 29 heavy (non-hydrogen) atoms. The number of para-hydroxylation sites is 1. The molecule has 2 aromatic rings. The Morgan fingerprint density at radius 1 is 1.10 bits per heavy atom. The molecule has 0 radical (unpaired) electrons. The first-order chi connectivity index (χ1) is 14.1. The van der Waals surface area contributed by atoms with Gasteiger partial charge in [0, 0.05) is 30.6 Å². The van der Waals surface area contributed by atoms with Crippen molar-refractivity contribution in [3.8, 4) is 0 Å². The minimum atomic E-state index is 0.119. The third-order valence-corrected chi connectivity index (χ3v) is 6.11. The number of aliphatic imine (C=N–C) groups is 1. The maximum atomic E-state index is 8.42. The quantitative estimate of drug-likeness (QED) is 0.472. The standard InChI is InChI=1S/C23H31N5O/c1-16(24)25-23(29)20-15-17-7-5-6-10-21(17)27-22(20)28-13-11-19(12-14-28)26-18-8-3-2-4-9-18/h5-7,10,15,18-19,26H,2-4,8-9,11-14H2,1H3,(H2,24,25,29)/p+1. The van der Waals surface area contributed by atoms with Gasteiger partial charge < -0.3 is 15.3 Å². The molecule has 4 N–H and O–H groups in total. The van der Waals surface area contributed by atoms with Crippen LogP contribution in [0, 0.1) is 5.41 Å². The summed E-state index contributed by atoms with van der Waals surface area (Å²) < 4.78 is 0. The van der Waals surface area contributed by atoms with E-state index >= 15 is 0 Å². The highest BCUT2D eigenvalue weighted by Crippen LogP contribution is 2.27. The van der Waals surface area contributed by atoms with Crippen LogP contribution in [0.15, 0.2) is 35.3 Å². The Morgan fingerprint density at radius 2 is 1.79 bits per heavy atom. The van der Waals surface area contributed by atoms with Crippen LogP contribution in [-0.4, -0.2) is 47.0 Å². The van der Waals surface area contributed by atoms with Gasteiger partial charge in [0.2, 0.25) is 0 Å². The molecule has 1 aliphatic heterocycles. The molecular weight excluding hydrogens is 362 g/mol. The number of pyridine rings is 1.